The number of aromatic amines is 1. The Morgan fingerprint density at radius 2 is 2.24 bits per heavy atom. The third kappa shape index (κ3) is 1.94. The Balaban J connectivity index is 2.18. The van der Waals surface area contributed by atoms with Gasteiger partial charge in [-0.2, -0.15) is 0 Å². The second-order valence-corrected chi connectivity index (χ2v) is 5.22. The van der Waals surface area contributed by atoms with Gasteiger partial charge in [0.25, 0.3) is 0 Å². The number of rotatable bonds is 1. The molecule has 17 heavy (non-hydrogen) atoms. The molecule has 0 radical (unpaired) electrons. The van der Waals surface area contributed by atoms with Crippen LogP contribution in [0.4, 0.5) is 0 Å². The van der Waals surface area contributed by atoms with Gasteiger partial charge in [-0.05, 0) is 49.7 Å². The predicted octanol–water partition coefficient (Wildman–Crippen LogP) is 4.63. The lowest BCUT2D eigenvalue weighted by molar-refractivity contribution is 0.467. The number of hydrogen-bond donors (Lipinski definition) is 1. The number of hydrogen-bond acceptors (Lipinski definition) is 1. The fourth-order valence-electron chi connectivity index (χ4n) is 2.48. The number of benzene rings is 1. The number of allylic oxidation sites excluding steroid dienone is 2. The lowest BCUT2D eigenvalue weighted by atomic mass is 10.0. The van der Waals surface area contributed by atoms with Crippen LogP contribution >= 0.6 is 23.8 Å². The molecular formula is C13H13ClN2S. The molecule has 0 bridgehead atoms. The fourth-order valence-corrected chi connectivity index (χ4v) is 3.01. The maximum Gasteiger partial charge on any atom is 0.178 e. The van der Waals surface area contributed by atoms with Gasteiger partial charge in [0.15, 0.2) is 4.77 Å². The van der Waals surface area contributed by atoms with Crippen LogP contribution in [0.1, 0.15) is 25.3 Å². The van der Waals surface area contributed by atoms with E-state index in [0.29, 0.717) is 6.04 Å². The summed E-state index contributed by atoms with van der Waals surface area (Å²) in [6.07, 6.45) is 7.83. The summed E-state index contributed by atoms with van der Waals surface area (Å²) in [6, 6.07) is 6.37. The minimum atomic E-state index is 0.474. The first-order chi connectivity index (χ1) is 8.25. The molecule has 0 aliphatic heterocycles. The molecule has 1 atom stereocenters. The highest BCUT2D eigenvalue weighted by Crippen LogP contribution is 2.29. The van der Waals surface area contributed by atoms with Gasteiger partial charge in [0, 0.05) is 11.1 Å². The predicted molar refractivity (Wildman–Crippen MR) is 74.2 cm³/mol. The van der Waals surface area contributed by atoms with Crippen molar-refractivity contribution in [2.75, 3.05) is 0 Å². The molecule has 1 heterocycles. The third-order valence-electron chi connectivity index (χ3n) is 3.29. The molecule has 1 unspecified atom stereocenters. The van der Waals surface area contributed by atoms with E-state index in [1.165, 1.54) is 0 Å². The van der Waals surface area contributed by atoms with Crippen molar-refractivity contribution in [1.82, 2.24) is 9.55 Å². The molecular weight excluding hydrogens is 252 g/mol. The molecule has 0 amide bonds. The van der Waals surface area contributed by atoms with Crippen LogP contribution in [0.2, 0.25) is 5.02 Å². The second kappa shape index (κ2) is 4.31. The van der Waals surface area contributed by atoms with Crippen LogP contribution in [0.3, 0.4) is 0 Å². The summed E-state index contributed by atoms with van der Waals surface area (Å²) >= 11 is 11.4. The largest absolute Gasteiger partial charge is 0.331 e. The number of H-pyrrole nitrogens is 1. The first-order valence-corrected chi connectivity index (χ1v) is 6.59. The van der Waals surface area contributed by atoms with Crippen LogP contribution in [-0.4, -0.2) is 9.55 Å². The Labute approximate surface area is 110 Å². The van der Waals surface area contributed by atoms with Crippen molar-refractivity contribution in [2.24, 2.45) is 0 Å². The van der Waals surface area contributed by atoms with E-state index < -0.39 is 0 Å². The van der Waals surface area contributed by atoms with Gasteiger partial charge < -0.3 is 9.55 Å². The van der Waals surface area contributed by atoms with Crippen molar-refractivity contribution >= 4 is 34.9 Å². The van der Waals surface area contributed by atoms with Crippen LogP contribution < -0.4 is 0 Å². The van der Waals surface area contributed by atoms with Crippen molar-refractivity contribution in [3.8, 4) is 0 Å². The summed E-state index contributed by atoms with van der Waals surface area (Å²) in [6.45, 7) is 0. The molecule has 1 aliphatic rings. The normalized spacial score (nSPS) is 19.9. The van der Waals surface area contributed by atoms with Gasteiger partial charge >= 0.3 is 0 Å². The van der Waals surface area contributed by atoms with Crippen LogP contribution in [0, 0.1) is 4.77 Å². The Bertz CT molecular complexity index is 638. The zero-order valence-corrected chi connectivity index (χ0v) is 10.9. The average molecular weight is 265 g/mol. The number of halogens is 1. The van der Waals surface area contributed by atoms with Crippen LogP contribution in [-0.2, 0) is 0 Å². The summed E-state index contributed by atoms with van der Waals surface area (Å²) in [7, 11) is 0. The molecule has 3 rings (SSSR count). The Morgan fingerprint density at radius 1 is 1.35 bits per heavy atom. The Hall–Kier alpha value is -1.06. The van der Waals surface area contributed by atoms with Gasteiger partial charge in [-0.3, -0.25) is 0 Å². The van der Waals surface area contributed by atoms with E-state index in [9.17, 15) is 0 Å². The van der Waals surface area contributed by atoms with Gasteiger partial charge in [0.05, 0.1) is 11.0 Å². The fraction of sp³-hybridized carbons (Fsp3) is 0.308. The van der Waals surface area contributed by atoms with Gasteiger partial charge in [-0.15, -0.1) is 0 Å². The van der Waals surface area contributed by atoms with Crippen LogP contribution in [0.15, 0.2) is 30.4 Å². The molecule has 1 N–H and O–H groups in total. The monoisotopic (exact) mass is 264 g/mol. The van der Waals surface area contributed by atoms with Gasteiger partial charge in [-0.1, -0.05) is 23.8 Å². The smallest absolute Gasteiger partial charge is 0.178 e. The van der Waals surface area contributed by atoms with Crippen molar-refractivity contribution in [1.29, 1.82) is 0 Å². The van der Waals surface area contributed by atoms with Crippen LogP contribution in [0.5, 0.6) is 0 Å². The zero-order chi connectivity index (χ0) is 11.8. The average Bonchev–Trinajstić information content (AvgIpc) is 2.65. The third-order valence-corrected chi connectivity index (χ3v) is 3.82. The van der Waals surface area contributed by atoms with Crippen molar-refractivity contribution in [3.63, 3.8) is 0 Å². The summed E-state index contributed by atoms with van der Waals surface area (Å²) in [5.41, 5.74) is 2.18. The SMILES string of the molecule is S=c1[nH]c2cc(Cl)ccc2n1C1CC=CCC1. The lowest BCUT2D eigenvalue weighted by Crippen LogP contribution is -2.10. The molecule has 4 heteroatoms. The maximum absolute atomic E-state index is 5.99. The van der Waals surface area contributed by atoms with E-state index in [4.69, 9.17) is 23.8 Å². The highest BCUT2D eigenvalue weighted by Gasteiger charge is 2.15. The number of imidazole rings is 1. The molecule has 1 aliphatic carbocycles. The molecule has 1 aromatic carbocycles. The van der Waals surface area contributed by atoms with E-state index in [-0.39, 0.29) is 0 Å². The molecule has 2 nitrogen and oxygen atoms in total. The van der Waals surface area contributed by atoms with Crippen LogP contribution in [0.25, 0.3) is 11.0 Å². The zero-order valence-electron chi connectivity index (χ0n) is 9.32. The van der Waals surface area contributed by atoms with Crippen molar-refractivity contribution in [2.45, 2.75) is 25.3 Å². The van der Waals surface area contributed by atoms with E-state index in [0.717, 1.165) is 40.1 Å². The van der Waals surface area contributed by atoms with Gasteiger partial charge in [0.2, 0.25) is 0 Å². The van der Waals surface area contributed by atoms with E-state index in [1.54, 1.807) is 0 Å². The van der Waals surface area contributed by atoms with E-state index in [1.807, 2.05) is 18.2 Å². The Kier molecular flexibility index (Phi) is 2.81. The van der Waals surface area contributed by atoms with Crippen molar-refractivity contribution in [3.05, 3.63) is 40.1 Å². The first kappa shape index (κ1) is 11.1. The highest BCUT2D eigenvalue weighted by molar-refractivity contribution is 7.71. The first-order valence-electron chi connectivity index (χ1n) is 5.80. The summed E-state index contributed by atoms with van der Waals surface area (Å²) in [4.78, 5) is 3.23. The molecule has 2 aromatic rings. The number of nitrogens with one attached hydrogen (secondary N) is 1. The molecule has 1 aromatic heterocycles. The number of nitrogens with zero attached hydrogens (tertiary/aromatic N) is 1. The van der Waals surface area contributed by atoms with Crippen molar-refractivity contribution < 1.29 is 0 Å². The van der Waals surface area contributed by atoms with Gasteiger partial charge in [0.1, 0.15) is 0 Å². The standard InChI is InChI=1S/C13H13ClN2S/c14-9-6-7-12-11(8-9)15-13(17)16(12)10-4-2-1-3-5-10/h1-2,6-8,10H,3-5H2,(H,15,17). The second-order valence-electron chi connectivity index (χ2n) is 4.40. The topological polar surface area (TPSA) is 20.7 Å². The minimum absolute atomic E-state index is 0.474. The molecule has 0 saturated heterocycles. The molecule has 0 spiro atoms. The number of aromatic nitrogens is 2. The summed E-state index contributed by atoms with van der Waals surface area (Å²) in [5, 5.41) is 0.740. The van der Waals surface area contributed by atoms with Gasteiger partial charge in [-0.25, -0.2) is 0 Å². The molecule has 0 saturated carbocycles. The Morgan fingerprint density at radius 3 is 3.00 bits per heavy atom. The minimum Gasteiger partial charge on any atom is -0.331 e. The lowest BCUT2D eigenvalue weighted by Gasteiger charge is -2.20. The highest BCUT2D eigenvalue weighted by atomic mass is 35.5. The number of fused-ring (bicyclic) bond motifs is 1. The molecule has 0 fully saturated rings. The summed E-state index contributed by atoms with van der Waals surface area (Å²) in [5.74, 6) is 0. The quantitative estimate of drug-likeness (QED) is 0.588. The van der Waals surface area contributed by atoms with E-state index in [2.05, 4.69) is 21.7 Å². The van der Waals surface area contributed by atoms with E-state index >= 15 is 0 Å². The molecule has 88 valence electrons. The maximum atomic E-state index is 5.99. The summed E-state index contributed by atoms with van der Waals surface area (Å²) < 4.78 is 3.02.